The predicted octanol–water partition coefficient (Wildman–Crippen LogP) is 4.20. The summed E-state index contributed by atoms with van der Waals surface area (Å²) in [7, 11) is 0. The van der Waals surface area contributed by atoms with Crippen LogP contribution in [0.5, 0.6) is 0 Å². The molecule has 1 aliphatic heterocycles. The standard InChI is InChI=1S/C18H36N2/c1-6-18(7-2)14-19-17(10-8-9-11-17)15-20(18)13-12-16(3,4)5/h19H,6-15H2,1-5H3. The summed E-state index contributed by atoms with van der Waals surface area (Å²) in [5.41, 5.74) is 1.30. The molecule has 1 saturated carbocycles. The van der Waals surface area contributed by atoms with Gasteiger partial charge in [-0.15, -0.1) is 0 Å². The molecule has 1 aliphatic carbocycles. The minimum absolute atomic E-state index is 0.402. The minimum atomic E-state index is 0.402. The van der Waals surface area contributed by atoms with Gasteiger partial charge in [0.25, 0.3) is 0 Å². The Balaban J connectivity index is 2.10. The van der Waals surface area contributed by atoms with E-state index in [4.69, 9.17) is 0 Å². The van der Waals surface area contributed by atoms with Crippen molar-refractivity contribution in [1.82, 2.24) is 10.2 Å². The van der Waals surface area contributed by atoms with Gasteiger partial charge in [-0.2, -0.15) is 0 Å². The van der Waals surface area contributed by atoms with Gasteiger partial charge in [-0.1, -0.05) is 47.5 Å². The second-order valence-electron chi connectivity index (χ2n) is 8.50. The fraction of sp³-hybridized carbons (Fsp3) is 1.00. The Morgan fingerprint density at radius 3 is 2.15 bits per heavy atom. The number of nitrogens with zero attached hydrogens (tertiary/aromatic N) is 1. The van der Waals surface area contributed by atoms with Crippen LogP contribution in [0.2, 0.25) is 0 Å². The molecule has 0 aromatic carbocycles. The fourth-order valence-electron chi connectivity index (χ4n) is 4.17. The lowest BCUT2D eigenvalue weighted by Gasteiger charge is -2.54. The van der Waals surface area contributed by atoms with Crippen molar-refractivity contribution in [3.05, 3.63) is 0 Å². The Morgan fingerprint density at radius 2 is 1.65 bits per heavy atom. The van der Waals surface area contributed by atoms with Crippen LogP contribution >= 0.6 is 0 Å². The van der Waals surface area contributed by atoms with E-state index < -0.39 is 0 Å². The molecule has 2 rings (SSSR count). The summed E-state index contributed by atoms with van der Waals surface area (Å²) in [6.07, 6.45) is 9.49. The topological polar surface area (TPSA) is 15.3 Å². The molecular formula is C18H36N2. The molecule has 1 N–H and O–H groups in total. The summed E-state index contributed by atoms with van der Waals surface area (Å²) in [6, 6.07) is 0. The zero-order valence-corrected chi connectivity index (χ0v) is 14.5. The van der Waals surface area contributed by atoms with Gasteiger partial charge in [0.1, 0.15) is 0 Å². The minimum Gasteiger partial charge on any atom is -0.308 e. The number of nitrogens with one attached hydrogen (secondary N) is 1. The maximum Gasteiger partial charge on any atom is 0.0329 e. The maximum absolute atomic E-state index is 3.97. The summed E-state index contributed by atoms with van der Waals surface area (Å²) >= 11 is 0. The van der Waals surface area contributed by atoms with Crippen molar-refractivity contribution in [3.8, 4) is 0 Å². The Hall–Kier alpha value is -0.0800. The van der Waals surface area contributed by atoms with Gasteiger partial charge in [-0.25, -0.2) is 0 Å². The van der Waals surface area contributed by atoms with E-state index in [0.717, 1.165) is 0 Å². The molecule has 2 aliphatic rings. The summed E-state index contributed by atoms with van der Waals surface area (Å²) in [5.74, 6) is 0. The highest BCUT2D eigenvalue weighted by molar-refractivity contribution is 5.06. The molecule has 2 heteroatoms. The van der Waals surface area contributed by atoms with Gasteiger partial charge in [0.05, 0.1) is 0 Å². The van der Waals surface area contributed by atoms with E-state index in [1.54, 1.807) is 0 Å². The lowest BCUT2D eigenvalue weighted by molar-refractivity contribution is -0.00630. The smallest absolute Gasteiger partial charge is 0.0329 e. The first-order valence-electron chi connectivity index (χ1n) is 8.85. The van der Waals surface area contributed by atoms with E-state index in [2.05, 4.69) is 44.8 Å². The molecule has 1 saturated heterocycles. The summed E-state index contributed by atoms with van der Waals surface area (Å²) in [5, 5.41) is 3.97. The van der Waals surface area contributed by atoms with Gasteiger partial charge < -0.3 is 5.32 Å². The Labute approximate surface area is 126 Å². The molecule has 1 heterocycles. The number of piperazine rings is 1. The highest BCUT2D eigenvalue weighted by Gasteiger charge is 2.46. The van der Waals surface area contributed by atoms with E-state index in [1.807, 2.05) is 0 Å². The molecule has 2 nitrogen and oxygen atoms in total. The van der Waals surface area contributed by atoms with E-state index in [9.17, 15) is 0 Å². The zero-order chi connectivity index (χ0) is 14.9. The number of hydrogen-bond acceptors (Lipinski definition) is 2. The molecule has 118 valence electrons. The van der Waals surface area contributed by atoms with Gasteiger partial charge >= 0.3 is 0 Å². The average Bonchev–Trinajstić information content (AvgIpc) is 2.85. The Kier molecular flexibility index (Phi) is 4.86. The molecule has 20 heavy (non-hydrogen) atoms. The van der Waals surface area contributed by atoms with Crippen molar-refractivity contribution < 1.29 is 0 Å². The summed E-state index contributed by atoms with van der Waals surface area (Å²) in [6.45, 7) is 15.6. The summed E-state index contributed by atoms with van der Waals surface area (Å²) in [4.78, 5) is 2.86. The maximum atomic E-state index is 3.97. The molecule has 0 unspecified atom stereocenters. The van der Waals surface area contributed by atoms with Crippen molar-refractivity contribution in [2.45, 2.75) is 90.6 Å². The van der Waals surface area contributed by atoms with Crippen LogP contribution in [0.15, 0.2) is 0 Å². The molecule has 2 fully saturated rings. The second kappa shape index (κ2) is 5.96. The molecular weight excluding hydrogens is 244 g/mol. The van der Waals surface area contributed by atoms with Crippen LogP contribution in [0.25, 0.3) is 0 Å². The highest BCUT2D eigenvalue weighted by Crippen LogP contribution is 2.38. The van der Waals surface area contributed by atoms with Crippen molar-refractivity contribution in [1.29, 1.82) is 0 Å². The highest BCUT2D eigenvalue weighted by atomic mass is 15.3. The number of rotatable bonds is 4. The zero-order valence-electron chi connectivity index (χ0n) is 14.5. The van der Waals surface area contributed by atoms with Gasteiger partial charge in [-0.05, 0) is 44.1 Å². The first kappa shape index (κ1) is 16.3. The molecule has 0 aromatic heterocycles. The quantitative estimate of drug-likeness (QED) is 0.830. The molecule has 1 spiro atoms. The van der Waals surface area contributed by atoms with Crippen LogP contribution in [0.3, 0.4) is 0 Å². The van der Waals surface area contributed by atoms with E-state index in [1.165, 1.54) is 64.6 Å². The summed E-state index contributed by atoms with van der Waals surface area (Å²) < 4.78 is 0. The van der Waals surface area contributed by atoms with Crippen molar-refractivity contribution >= 4 is 0 Å². The van der Waals surface area contributed by atoms with Gasteiger partial charge in [-0.3, -0.25) is 4.90 Å². The van der Waals surface area contributed by atoms with E-state index in [-0.39, 0.29) is 0 Å². The second-order valence-corrected chi connectivity index (χ2v) is 8.50. The predicted molar refractivity (Wildman–Crippen MR) is 88.2 cm³/mol. The third kappa shape index (κ3) is 3.39. The van der Waals surface area contributed by atoms with Crippen LogP contribution in [0.1, 0.15) is 79.6 Å². The monoisotopic (exact) mass is 280 g/mol. The van der Waals surface area contributed by atoms with Gasteiger partial charge in [0.15, 0.2) is 0 Å². The van der Waals surface area contributed by atoms with Crippen LogP contribution in [0.4, 0.5) is 0 Å². The lowest BCUT2D eigenvalue weighted by Crippen LogP contribution is -2.69. The van der Waals surface area contributed by atoms with Crippen LogP contribution in [-0.4, -0.2) is 35.6 Å². The fourth-order valence-corrected chi connectivity index (χ4v) is 4.17. The first-order chi connectivity index (χ1) is 9.35. The molecule has 0 amide bonds. The van der Waals surface area contributed by atoms with Crippen LogP contribution < -0.4 is 5.32 Å². The third-order valence-corrected chi connectivity index (χ3v) is 5.97. The van der Waals surface area contributed by atoms with E-state index in [0.29, 0.717) is 16.5 Å². The van der Waals surface area contributed by atoms with Crippen LogP contribution in [0, 0.1) is 5.41 Å². The van der Waals surface area contributed by atoms with Crippen molar-refractivity contribution in [2.24, 2.45) is 5.41 Å². The SMILES string of the molecule is CCC1(CC)CNC2(CCCC2)CN1CCC(C)(C)C. The van der Waals surface area contributed by atoms with Crippen molar-refractivity contribution in [3.63, 3.8) is 0 Å². The molecule has 0 atom stereocenters. The largest absolute Gasteiger partial charge is 0.308 e. The van der Waals surface area contributed by atoms with Gasteiger partial charge in [0, 0.05) is 24.2 Å². The van der Waals surface area contributed by atoms with Gasteiger partial charge in [0.2, 0.25) is 0 Å². The average molecular weight is 280 g/mol. The third-order valence-electron chi connectivity index (χ3n) is 5.97. The Bertz CT molecular complexity index is 306. The van der Waals surface area contributed by atoms with Crippen LogP contribution in [-0.2, 0) is 0 Å². The first-order valence-corrected chi connectivity index (χ1v) is 8.85. The van der Waals surface area contributed by atoms with E-state index >= 15 is 0 Å². The number of hydrogen-bond donors (Lipinski definition) is 1. The lowest BCUT2D eigenvalue weighted by atomic mass is 9.81. The van der Waals surface area contributed by atoms with Crippen molar-refractivity contribution in [2.75, 3.05) is 19.6 Å². The molecule has 0 radical (unpaired) electrons. The molecule has 0 bridgehead atoms. The Morgan fingerprint density at radius 1 is 1.05 bits per heavy atom. The normalized spacial score (nSPS) is 26.2. The molecule has 0 aromatic rings.